The van der Waals surface area contributed by atoms with E-state index in [1.165, 1.54) is 0 Å². The second kappa shape index (κ2) is 7.21. The highest BCUT2D eigenvalue weighted by atomic mass is 79.9. The topological polar surface area (TPSA) is 46.1 Å². The summed E-state index contributed by atoms with van der Waals surface area (Å²) in [4.78, 5) is 0. The minimum atomic E-state index is -0.279. The molecular formula is C12H18BrClNO2+. The van der Waals surface area contributed by atoms with Crippen molar-refractivity contribution in [1.82, 2.24) is 0 Å². The van der Waals surface area contributed by atoms with Crippen LogP contribution in [0.2, 0.25) is 5.02 Å². The van der Waals surface area contributed by atoms with Crippen molar-refractivity contribution in [2.45, 2.75) is 20.0 Å². The molecule has 96 valence electrons. The molecule has 0 saturated carbocycles. The first-order valence-electron chi connectivity index (χ1n) is 5.59. The molecule has 1 atom stereocenters. The monoisotopic (exact) mass is 322 g/mol. The number of quaternary nitrogens is 1. The van der Waals surface area contributed by atoms with Gasteiger partial charge < -0.3 is 15.2 Å². The molecule has 0 aliphatic rings. The van der Waals surface area contributed by atoms with Crippen molar-refractivity contribution in [3.05, 3.63) is 27.2 Å². The predicted molar refractivity (Wildman–Crippen MR) is 72.7 cm³/mol. The Morgan fingerprint density at radius 3 is 2.82 bits per heavy atom. The molecule has 5 heteroatoms. The molecule has 0 heterocycles. The average molecular weight is 324 g/mol. The van der Waals surface area contributed by atoms with E-state index in [-0.39, 0.29) is 6.10 Å². The van der Waals surface area contributed by atoms with E-state index in [1.54, 1.807) is 6.92 Å². The second-order valence-electron chi connectivity index (χ2n) is 4.04. The van der Waals surface area contributed by atoms with Crippen molar-refractivity contribution < 1.29 is 15.2 Å². The molecule has 0 aliphatic carbocycles. The van der Waals surface area contributed by atoms with Crippen LogP contribution in [0.1, 0.15) is 12.5 Å². The summed E-state index contributed by atoms with van der Waals surface area (Å²) in [6, 6.07) is 3.70. The number of halogens is 2. The molecule has 0 aliphatic heterocycles. The van der Waals surface area contributed by atoms with Crippen molar-refractivity contribution in [1.29, 1.82) is 0 Å². The first-order chi connectivity index (χ1) is 8.00. The largest absolute Gasteiger partial charge is 0.486 e. The third-order valence-corrected chi connectivity index (χ3v) is 3.08. The van der Waals surface area contributed by atoms with Gasteiger partial charge in [0.2, 0.25) is 0 Å². The quantitative estimate of drug-likeness (QED) is 0.783. The van der Waals surface area contributed by atoms with Crippen LogP contribution in [0.15, 0.2) is 16.6 Å². The number of aliphatic hydroxyl groups is 1. The SMILES string of the molecule is Cc1cc(Cl)cc(Br)c1OCC[NH2+]C[C@H](C)O. The van der Waals surface area contributed by atoms with E-state index < -0.39 is 0 Å². The summed E-state index contributed by atoms with van der Waals surface area (Å²) in [7, 11) is 0. The Balaban J connectivity index is 2.42. The standard InChI is InChI=1S/C12H17BrClNO2/c1-8-5-10(14)6-11(13)12(8)17-4-3-15-7-9(2)16/h5-6,9,15-16H,3-4,7H2,1-2H3/p+1/t9-/m0/s1. The van der Waals surface area contributed by atoms with Gasteiger partial charge in [-0.1, -0.05) is 11.6 Å². The molecule has 0 saturated heterocycles. The van der Waals surface area contributed by atoms with Crippen LogP contribution in [0.5, 0.6) is 5.75 Å². The Hall–Kier alpha value is -0.290. The zero-order valence-corrected chi connectivity index (χ0v) is 12.4. The number of aryl methyl sites for hydroxylation is 1. The first-order valence-corrected chi connectivity index (χ1v) is 6.76. The maximum atomic E-state index is 9.09. The zero-order chi connectivity index (χ0) is 12.8. The normalized spacial score (nSPS) is 12.5. The zero-order valence-electron chi connectivity index (χ0n) is 10.0. The van der Waals surface area contributed by atoms with Gasteiger partial charge in [-0.25, -0.2) is 0 Å². The lowest BCUT2D eigenvalue weighted by molar-refractivity contribution is -0.661. The van der Waals surface area contributed by atoms with Gasteiger partial charge in [0.05, 0.1) is 10.6 Å². The van der Waals surface area contributed by atoms with E-state index in [9.17, 15) is 0 Å². The second-order valence-corrected chi connectivity index (χ2v) is 5.33. The van der Waals surface area contributed by atoms with Crippen molar-refractivity contribution in [2.75, 3.05) is 19.7 Å². The van der Waals surface area contributed by atoms with Gasteiger partial charge in [-0.15, -0.1) is 0 Å². The minimum Gasteiger partial charge on any atom is -0.486 e. The molecule has 0 bridgehead atoms. The lowest BCUT2D eigenvalue weighted by Crippen LogP contribution is -2.87. The van der Waals surface area contributed by atoms with E-state index >= 15 is 0 Å². The van der Waals surface area contributed by atoms with Crippen LogP contribution in [0, 0.1) is 6.92 Å². The summed E-state index contributed by atoms with van der Waals surface area (Å²) in [6.07, 6.45) is -0.279. The molecule has 1 aromatic carbocycles. The van der Waals surface area contributed by atoms with Crippen LogP contribution in [-0.4, -0.2) is 30.9 Å². The van der Waals surface area contributed by atoms with Crippen LogP contribution in [-0.2, 0) is 0 Å². The van der Waals surface area contributed by atoms with Gasteiger partial charge in [-0.3, -0.25) is 0 Å². The van der Waals surface area contributed by atoms with Crippen molar-refractivity contribution in [3.63, 3.8) is 0 Å². The maximum absolute atomic E-state index is 9.09. The Kier molecular flexibility index (Phi) is 6.27. The maximum Gasteiger partial charge on any atom is 0.137 e. The Morgan fingerprint density at radius 1 is 1.53 bits per heavy atom. The number of rotatable bonds is 6. The van der Waals surface area contributed by atoms with Gasteiger partial charge in [0.1, 0.15) is 25.4 Å². The van der Waals surface area contributed by atoms with Crippen molar-refractivity contribution >= 4 is 27.5 Å². The molecular weight excluding hydrogens is 305 g/mol. The molecule has 0 spiro atoms. The van der Waals surface area contributed by atoms with Gasteiger partial charge in [0.25, 0.3) is 0 Å². The van der Waals surface area contributed by atoms with Crippen molar-refractivity contribution in [2.24, 2.45) is 0 Å². The van der Waals surface area contributed by atoms with Crippen LogP contribution >= 0.6 is 27.5 Å². The van der Waals surface area contributed by atoms with Gasteiger partial charge in [-0.05, 0) is 47.5 Å². The fraction of sp³-hybridized carbons (Fsp3) is 0.500. The lowest BCUT2D eigenvalue weighted by Gasteiger charge is -2.11. The summed E-state index contributed by atoms with van der Waals surface area (Å²) in [5, 5.41) is 11.8. The fourth-order valence-electron chi connectivity index (χ4n) is 1.48. The summed E-state index contributed by atoms with van der Waals surface area (Å²) in [5.74, 6) is 0.833. The molecule has 3 nitrogen and oxygen atoms in total. The average Bonchev–Trinajstić information content (AvgIpc) is 2.20. The molecule has 1 rings (SSSR count). The van der Waals surface area contributed by atoms with E-state index in [4.69, 9.17) is 21.4 Å². The highest BCUT2D eigenvalue weighted by Crippen LogP contribution is 2.31. The highest BCUT2D eigenvalue weighted by Gasteiger charge is 2.07. The van der Waals surface area contributed by atoms with Gasteiger partial charge in [0.15, 0.2) is 0 Å². The van der Waals surface area contributed by atoms with Crippen LogP contribution in [0.25, 0.3) is 0 Å². The summed E-state index contributed by atoms with van der Waals surface area (Å²) < 4.78 is 6.56. The molecule has 3 N–H and O–H groups in total. The lowest BCUT2D eigenvalue weighted by atomic mass is 10.2. The molecule has 0 amide bonds. The highest BCUT2D eigenvalue weighted by molar-refractivity contribution is 9.10. The molecule has 0 fully saturated rings. The smallest absolute Gasteiger partial charge is 0.137 e. The third-order valence-electron chi connectivity index (χ3n) is 2.27. The van der Waals surface area contributed by atoms with Crippen LogP contribution in [0.4, 0.5) is 0 Å². The van der Waals surface area contributed by atoms with E-state index in [2.05, 4.69) is 15.9 Å². The summed E-state index contributed by atoms with van der Waals surface area (Å²) in [6.45, 7) is 5.86. The van der Waals surface area contributed by atoms with E-state index in [0.717, 1.165) is 22.3 Å². The number of aliphatic hydroxyl groups excluding tert-OH is 1. The molecule has 0 radical (unpaired) electrons. The number of benzene rings is 1. The number of nitrogens with two attached hydrogens (primary N) is 1. The van der Waals surface area contributed by atoms with E-state index in [0.29, 0.717) is 18.2 Å². The minimum absolute atomic E-state index is 0.279. The molecule has 1 aromatic rings. The van der Waals surface area contributed by atoms with Gasteiger partial charge in [0, 0.05) is 5.02 Å². The fourth-order valence-corrected chi connectivity index (χ4v) is 2.55. The Morgan fingerprint density at radius 2 is 2.24 bits per heavy atom. The number of hydrogen-bond acceptors (Lipinski definition) is 2. The van der Waals surface area contributed by atoms with Crippen molar-refractivity contribution in [3.8, 4) is 5.75 Å². The third kappa shape index (κ3) is 5.25. The molecule has 0 unspecified atom stereocenters. The van der Waals surface area contributed by atoms with Gasteiger partial charge >= 0.3 is 0 Å². The molecule has 0 aromatic heterocycles. The summed E-state index contributed by atoms with van der Waals surface area (Å²) in [5.41, 5.74) is 1.01. The van der Waals surface area contributed by atoms with E-state index in [1.807, 2.05) is 24.4 Å². The van der Waals surface area contributed by atoms with Crippen LogP contribution in [0.3, 0.4) is 0 Å². The van der Waals surface area contributed by atoms with Crippen LogP contribution < -0.4 is 10.1 Å². The number of ether oxygens (including phenoxy) is 1. The predicted octanol–water partition coefficient (Wildman–Crippen LogP) is 1.73. The molecule has 17 heavy (non-hydrogen) atoms. The van der Waals surface area contributed by atoms with Gasteiger partial charge in [-0.2, -0.15) is 0 Å². The summed E-state index contributed by atoms with van der Waals surface area (Å²) >= 11 is 9.35. The number of hydrogen-bond donors (Lipinski definition) is 2. The Labute approximate surface area is 115 Å². The Bertz CT molecular complexity index is 349. The first kappa shape index (κ1) is 14.8.